The summed E-state index contributed by atoms with van der Waals surface area (Å²) in [7, 11) is 3.53. The molecule has 0 spiro atoms. The topological polar surface area (TPSA) is 75.8 Å². The molecule has 2 rings (SSSR count). The molecule has 22 heavy (non-hydrogen) atoms. The maximum absolute atomic E-state index is 10.9. The second-order valence-electron chi connectivity index (χ2n) is 6.04. The molecule has 1 aromatic rings. The fourth-order valence-electron chi connectivity index (χ4n) is 3.16. The van der Waals surface area contributed by atoms with Crippen LogP contribution in [0.1, 0.15) is 31.2 Å². The zero-order valence-electron chi connectivity index (χ0n) is 13.2. The number of nitro groups is 1. The van der Waals surface area contributed by atoms with Gasteiger partial charge in [0.15, 0.2) is 5.75 Å². The third-order valence-electron chi connectivity index (χ3n) is 4.57. The molecule has 0 atom stereocenters. The first kappa shape index (κ1) is 16.7. The second-order valence-corrected chi connectivity index (χ2v) is 6.04. The summed E-state index contributed by atoms with van der Waals surface area (Å²) in [6, 6.07) is 5.54. The van der Waals surface area contributed by atoms with E-state index < -0.39 is 4.92 Å². The van der Waals surface area contributed by atoms with E-state index in [1.165, 1.54) is 13.2 Å². The Morgan fingerprint density at radius 2 is 2.05 bits per heavy atom. The quantitative estimate of drug-likeness (QED) is 0.645. The molecule has 1 aliphatic rings. The van der Waals surface area contributed by atoms with Crippen LogP contribution in [-0.4, -0.2) is 41.7 Å². The number of benzene rings is 1. The molecular formula is C16H24N2O4. The van der Waals surface area contributed by atoms with Gasteiger partial charge in [-0.3, -0.25) is 15.0 Å². The van der Waals surface area contributed by atoms with Gasteiger partial charge in [0, 0.05) is 25.3 Å². The Morgan fingerprint density at radius 3 is 2.59 bits per heavy atom. The van der Waals surface area contributed by atoms with Crippen LogP contribution in [0.3, 0.4) is 0 Å². The zero-order valence-corrected chi connectivity index (χ0v) is 13.2. The van der Waals surface area contributed by atoms with Gasteiger partial charge in [0.25, 0.3) is 0 Å². The molecule has 0 bridgehead atoms. The van der Waals surface area contributed by atoms with Gasteiger partial charge in [-0.15, -0.1) is 0 Å². The molecule has 1 fully saturated rings. The SMILES string of the molecule is COc1cc(CN(C)C2CCC(CO)CC2)ccc1[N+](=O)[O-]. The molecule has 1 aromatic carbocycles. The second kappa shape index (κ2) is 7.56. The number of nitro benzene ring substituents is 1. The lowest BCUT2D eigenvalue weighted by atomic mass is 9.86. The molecule has 1 N–H and O–H groups in total. The number of rotatable bonds is 6. The molecule has 1 saturated carbocycles. The van der Waals surface area contributed by atoms with Gasteiger partial charge in [0.2, 0.25) is 0 Å². The maximum Gasteiger partial charge on any atom is 0.310 e. The Balaban J connectivity index is 2.00. The Hall–Kier alpha value is -1.66. The molecule has 0 aliphatic heterocycles. The van der Waals surface area contributed by atoms with E-state index in [-0.39, 0.29) is 12.3 Å². The number of nitrogens with zero attached hydrogens (tertiary/aromatic N) is 2. The van der Waals surface area contributed by atoms with Crippen LogP contribution in [0.5, 0.6) is 5.75 Å². The maximum atomic E-state index is 10.9. The van der Waals surface area contributed by atoms with E-state index in [1.807, 2.05) is 0 Å². The van der Waals surface area contributed by atoms with Crippen LogP contribution in [0.2, 0.25) is 0 Å². The average molecular weight is 308 g/mol. The Bertz CT molecular complexity index is 513. The minimum Gasteiger partial charge on any atom is -0.490 e. The van der Waals surface area contributed by atoms with Crippen LogP contribution in [-0.2, 0) is 6.54 Å². The Morgan fingerprint density at radius 1 is 1.36 bits per heavy atom. The molecule has 0 unspecified atom stereocenters. The van der Waals surface area contributed by atoms with Crippen LogP contribution in [0.25, 0.3) is 0 Å². The first-order chi connectivity index (χ1) is 10.5. The highest BCUT2D eigenvalue weighted by Crippen LogP contribution is 2.30. The van der Waals surface area contributed by atoms with Crippen LogP contribution in [0.4, 0.5) is 5.69 Å². The van der Waals surface area contributed by atoms with Crippen molar-refractivity contribution in [2.45, 2.75) is 38.3 Å². The standard InChI is InChI=1S/C16H24N2O4/c1-17(14-6-3-12(11-19)4-7-14)10-13-5-8-15(18(20)21)16(9-13)22-2/h5,8-9,12,14,19H,3-4,6-7,10-11H2,1-2H3. The van der Waals surface area contributed by atoms with Gasteiger partial charge >= 0.3 is 5.69 Å². The van der Waals surface area contributed by atoms with Crippen LogP contribution < -0.4 is 4.74 Å². The molecule has 1 aliphatic carbocycles. The lowest BCUT2D eigenvalue weighted by molar-refractivity contribution is -0.385. The summed E-state index contributed by atoms with van der Waals surface area (Å²) >= 11 is 0. The van der Waals surface area contributed by atoms with Crippen LogP contribution in [0.15, 0.2) is 18.2 Å². The summed E-state index contributed by atoms with van der Waals surface area (Å²) in [6.45, 7) is 1.03. The van der Waals surface area contributed by atoms with Gasteiger partial charge in [0.05, 0.1) is 12.0 Å². The monoisotopic (exact) mass is 308 g/mol. The predicted octanol–water partition coefficient (Wildman–Crippen LogP) is 2.59. The highest BCUT2D eigenvalue weighted by molar-refractivity contribution is 5.48. The van der Waals surface area contributed by atoms with E-state index >= 15 is 0 Å². The van der Waals surface area contributed by atoms with E-state index in [4.69, 9.17) is 4.74 Å². The van der Waals surface area contributed by atoms with E-state index in [9.17, 15) is 15.2 Å². The fraction of sp³-hybridized carbons (Fsp3) is 0.625. The smallest absolute Gasteiger partial charge is 0.310 e. The molecule has 6 nitrogen and oxygen atoms in total. The van der Waals surface area contributed by atoms with E-state index in [2.05, 4.69) is 11.9 Å². The summed E-state index contributed by atoms with van der Waals surface area (Å²) < 4.78 is 5.12. The van der Waals surface area contributed by atoms with Crippen molar-refractivity contribution in [1.82, 2.24) is 4.90 Å². The average Bonchev–Trinajstić information content (AvgIpc) is 2.54. The fourth-order valence-corrected chi connectivity index (χ4v) is 3.16. The number of aliphatic hydroxyl groups excluding tert-OH is 1. The molecule has 0 radical (unpaired) electrons. The number of ether oxygens (including phenoxy) is 1. The zero-order chi connectivity index (χ0) is 16.1. The molecule has 0 amide bonds. The summed E-state index contributed by atoms with van der Waals surface area (Å²) in [5.41, 5.74) is 1.01. The molecule has 0 heterocycles. The van der Waals surface area contributed by atoms with Crippen molar-refractivity contribution < 1.29 is 14.8 Å². The van der Waals surface area contributed by atoms with Crippen molar-refractivity contribution in [2.24, 2.45) is 5.92 Å². The van der Waals surface area contributed by atoms with E-state index in [0.717, 1.165) is 37.8 Å². The Kier molecular flexibility index (Phi) is 5.74. The highest BCUT2D eigenvalue weighted by atomic mass is 16.6. The van der Waals surface area contributed by atoms with Crippen molar-refractivity contribution in [3.8, 4) is 5.75 Å². The minimum absolute atomic E-state index is 0.00245. The van der Waals surface area contributed by atoms with Crippen molar-refractivity contribution in [3.63, 3.8) is 0 Å². The third-order valence-corrected chi connectivity index (χ3v) is 4.57. The van der Waals surface area contributed by atoms with Gasteiger partial charge in [-0.05, 0) is 50.3 Å². The normalized spacial score (nSPS) is 21.8. The summed E-state index contributed by atoms with van der Waals surface area (Å²) in [4.78, 5) is 12.8. The summed E-state index contributed by atoms with van der Waals surface area (Å²) in [6.07, 6.45) is 4.31. The van der Waals surface area contributed by atoms with Crippen molar-refractivity contribution in [1.29, 1.82) is 0 Å². The Labute approximate surface area is 130 Å². The minimum atomic E-state index is -0.428. The molecule has 0 saturated heterocycles. The van der Waals surface area contributed by atoms with Crippen molar-refractivity contribution in [2.75, 3.05) is 20.8 Å². The first-order valence-corrected chi connectivity index (χ1v) is 7.67. The number of hydrogen-bond acceptors (Lipinski definition) is 5. The number of hydrogen-bond donors (Lipinski definition) is 1. The molecule has 0 aromatic heterocycles. The van der Waals surface area contributed by atoms with Gasteiger partial charge in [-0.25, -0.2) is 0 Å². The lowest BCUT2D eigenvalue weighted by Crippen LogP contribution is -2.35. The molecule has 122 valence electrons. The van der Waals surface area contributed by atoms with E-state index in [1.54, 1.807) is 12.1 Å². The van der Waals surface area contributed by atoms with Gasteiger partial charge in [0.1, 0.15) is 0 Å². The van der Waals surface area contributed by atoms with Crippen LogP contribution in [0, 0.1) is 16.0 Å². The summed E-state index contributed by atoms with van der Waals surface area (Å²) in [5, 5.41) is 20.1. The van der Waals surface area contributed by atoms with Gasteiger partial charge < -0.3 is 9.84 Å². The predicted molar refractivity (Wildman–Crippen MR) is 83.9 cm³/mol. The van der Waals surface area contributed by atoms with Crippen LogP contribution >= 0.6 is 0 Å². The summed E-state index contributed by atoms with van der Waals surface area (Å²) in [5.74, 6) is 0.754. The molecule has 6 heteroatoms. The number of aliphatic hydroxyl groups is 1. The van der Waals surface area contributed by atoms with E-state index in [0.29, 0.717) is 17.7 Å². The number of methoxy groups -OCH3 is 1. The van der Waals surface area contributed by atoms with Crippen molar-refractivity contribution in [3.05, 3.63) is 33.9 Å². The first-order valence-electron chi connectivity index (χ1n) is 7.67. The highest BCUT2D eigenvalue weighted by Gasteiger charge is 2.24. The van der Waals surface area contributed by atoms with Crippen molar-refractivity contribution >= 4 is 5.69 Å². The van der Waals surface area contributed by atoms with Gasteiger partial charge in [-0.2, -0.15) is 0 Å². The van der Waals surface area contributed by atoms with Gasteiger partial charge in [-0.1, -0.05) is 6.07 Å². The lowest BCUT2D eigenvalue weighted by Gasteiger charge is -2.34. The third kappa shape index (κ3) is 3.96. The largest absolute Gasteiger partial charge is 0.490 e. The molecular weight excluding hydrogens is 284 g/mol.